The highest BCUT2D eigenvalue weighted by Gasteiger charge is 2.04. The molecule has 0 saturated heterocycles. The standard InChI is InChI=1S/C21H28N4O.HI/c1-16-9-10-19(17(2)13-16)14-24-21(22-3)25-15-20(26)23-12-11-18-7-5-4-6-8-18;/h4-10,13H,11-12,14-15H2,1-3H3,(H,23,26)(H2,22,24,25);1H. The lowest BCUT2D eigenvalue weighted by Gasteiger charge is -2.13. The summed E-state index contributed by atoms with van der Waals surface area (Å²) in [4.78, 5) is 16.1. The van der Waals surface area contributed by atoms with Crippen LogP contribution in [-0.2, 0) is 17.8 Å². The van der Waals surface area contributed by atoms with Crippen molar-refractivity contribution in [3.63, 3.8) is 0 Å². The van der Waals surface area contributed by atoms with Crippen molar-refractivity contribution in [1.29, 1.82) is 0 Å². The molecule has 0 radical (unpaired) electrons. The molecule has 0 fully saturated rings. The van der Waals surface area contributed by atoms with Gasteiger partial charge in [0.05, 0.1) is 6.54 Å². The van der Waals surface area contributed by atoms with Crippen LogP contribution in [0.3, 0.4) is 0 Å². The molecule has 0 unspecified atom stereocenters. The quantitative estimate of drug-likeness (QED) is 0.325. The second-order valence-corrected chi connectivity index (χ2v) is 6.29. The molecule has 1 amide bonds. The average molecular weight is 480 g/mol. The second-order valence-electron chi connectivity index (χ2n) is 6.29. The van der Waals surface area contributed by atoms with Crippen LogP contribution < -0.4 is 16.0 Å². The van der Waals surface area contributed by atoms with Crippen molar-refractivity contribution in [1.82, 2.24) is 16.0 Å². The van der Waals surface area contributed by atoms with E-state index >= 15 is 0 Å². The molecule has 0 aliphatic heterocycles. The van der Waals surface area contributed by atoms with Crippen molar-refractivity contribution in [2.24, 2.45) is 4.99 Å². The van der Waals surface area contributed by atoms with E-state index in [2.05, 4.69) is 65.1 Å². The van der Waals surface area contributed by atoms with Gasteiger partial charge in [-0.1, -0.05) is 54.1 Å². The zero-order valence-electron chi connectivity index (χ0n) is 16.2. The first-order chi connectivity index (χ1) is 12.6. The summed E-state index contributed by atoms with van der Waals surface area (Å²) in [5.41, 5.74) is 4.92. The summed E-state index contributed by atoms with van der Waals surface area (Å²) < 4.78 is 0. The van der Waals surface area contributed by atoms with E-state index in [0.717, 1.165) is 6.42 Å². The molecule has 146 valence electrons. The van der Waals surface area contributed by atoms with Crippen molar-refractivity contribution in [3.8, 4) is 0 Å². The van der Waals surface area contributed by atoms with Gasteiger partial charge in [0, 0.05) is 20.1 Å². The Morgan fingerprint density at radius 3 is 2.41 bits per heavy atom. The fourth-order valence-corrected chi connectivity index (χ4v) is 2.66. The molecule has 2 rings (SSSR count). The number of guanidine groups is 1. The zero-order chi connectivity index (χ0) is 18.8. The number of carbonyl (C=O) groups is 1. The molecule has 6 heteroatoms. The van der Waals surface area contributed by atoms with Crippen molar-refractivity contribution in [2.45, 2.75) is 26.8 Å². The maximum absolute atomic E-state index is 12.0. The summed E-state index contributed by atoms with van der Waals surface area (Å²) >= 11 is 0. The first kappa shape index (κ1) is 23.0. The Bertz CT molecular complexity index is 747. The molecule has 2 aromatic rings. The zero-order valence-corrected chi connectivity index (χ0v) is 18.5. The lowest BCUT2D eigenvalue weighted by atomic mass is 10.1. The van der Waals surface area contributed by atoms with Crippen LogP contribution in [0.5, 0.6) is 0 Å². The number of nitrogens with one attached hydrogen (secondary N) is 3. The number of carbonyl (C=O) groups excluding carboxylic acids is 1. The predicted octanol–water partition coefficient (Wildman–Crippen LogP) is 2.95. The maximum atomic E-state index is 12.0. The van der Waals surface area contributed by atoms with E-state index in [9.17, 15) is 4.79 Å². The molecule has 0 heterocycles. The van der Waals surface area contributed by atoms with E-state index in [1.807, 2.05) is 18.2 Å². The fraction of sp³-hybridized carbons (Fsp3) is 0.333. The first-order valence-electron chi connectivity index (χ1n) is 8.89. The van der Waals surface area contributed by atoms with Crippen molar-refractivity contribution in [3.05, 3.63) is 70.8 Å². The molecule has 0 atom stereocenters. The van der Waals surface area contributed by atoms with Gasteiger partial charge in [-0.15, -0.1) is 24.0 Å². The Labute approximate surface area is 179 Å². The lowest BCUT2D eigenvalue weighted by molar-refractivity contribution is -0.119. The molecule has 5 nitrogen and oxygen atoms in total. The van der Waals surface area contributed by atoms with Gasteiger partial charge in [0.25, 0.3) is 0 Å². The largest absolute Gasteiger partial charge is 0.354 e. The Kier molecular flexibility index (Phi) is 10.5. The highest BCUT2D eigenvalue weighted by Crippen LogP contribution is 2.09. The third kappa shape index (κ3) is 8.43. The summed E-state index contributed by atoms with van der Waals surface area (Å²) in [7, 11) is 1.70. The van der Waals surface area contributed by atoms with Gasteiger partial charge in [-0.3, -0.25) is 9.79 Å². The maximum Gasteiger partial charge on any atom is 0.239 e. The Hall–Kier alpha value is -2.09. The SMILES string of the molecule is CN=C(NCC(=O)NCCc1ccccc1)NCc1ccc(C)cc1C.I. The number of benzene rings is 2. The Morgan fingerprint density at radius 1 is 1.00 bits per heavy atom. The van der Waals surface area contributed by atoms with Crippen LogP contribution in [0.25, 0.3) is 0 Å². The van der Waals surface area contributed by atoms with Crippen LogP contribution in [0.1, 0.15) is 22.3 Å². The molecule has 0 aliphatic rings. The van der Waals surface area contributed by atoms with Crippen LogP contribution in [0, 0.1) is 13.8 Å². The third-order valence-electron chi connectivity index (χ3n) is 4.16. The highest BCUT2D eigenvalue weighted by molar-refractivity contribution is 14.0. The average Bonchev–Trinajstić information content (AvgIpc) is 2.64. The molecule has 0 spiro atoms. The van der Waals surface area contributed by atoms with Gasteiger partial charge in [-0.05, 0) is 37.0 Å². The van der Waals surface area contributed by atoms with Gasteiger partial charge in [0.15, 0.2) is 5.96 Å². The molecule has 0 aliphatic carbocycles. The lowest BCUT2D eigenvalue weighted by Crippen LogP contribution is -2.43. The minimum absolute atomic E-state index is 0. The highest BCUT2D eigenvalue weighted by atomic mass is 127. The van der Waals surface area contributed by atoms with Crippen LogP contribution in [-0.4, -0.2) is 32.0 Å². The second kappa shape index (κ2) is 12.3. The monoisotopic (exact) mass is 480 g/mol. The molecule has 3 N–H and O–H groups in total. The smallest absolute Gasteiger partial charge is 0.239 e. The Morgan fingerprint density at radius 2 is 1.74 bits per heavy atom. The van der Waals surface area contributed by atoms with Gasteiger partial charge in [0.1, 0.15) is 0 Å². The summed E-state index contributed by atoms with van der Waals surface area (Å²) in [6.07, 6.45) is 0.826. The molecular formula is C21H29IN4O. The van der Waals surface area contributed by atoms with Crippen molar-refractivity contribution in [2.75, 3.05) is 20.1 Å². The summed E-state index contributed by atoms with van der Waals surface area (Å²) in [5.74, 6) is 0.568. The number of aliphatic imine (C=N–C) groups is 1. The number of aryl methyl sites for hydroxylation is 2. The van der Waals surface area contributed by atoms with E-state index in [4.69, 9.17) is 0 Å². The topological polar surface area (TPSA) is 65.5 Å². The normalized spacial score (nSPS) is 10.7. The van der Waals surface area contributed by atoms with Crippen LogP contribution in [0.15, 0.2) is 53.5 Å². The van der Waals surface area contributed by atoms with E-state index in [0.29, 0.717) is 19.0 Å². The first-order valence-corrected chi connectivity index (χ1v) is 8.89. The van der Waals surface area contributed by atoms with Gasteiger partial charge < -0.3 is 16.0 Å². The molecule has 2 aromatic carbocycles. The van der Waals surface area contributed by atoms with Crippen molar-refractivity contribution >= 4 is 35.8 Å². The van der Waals surface area contributed by atoms with E-state index in [1.165, 1.54) is 22.3 Å². The Balaban J connectivity index is 0.00000364. The summed E-state index contributed by atoms with van der Waals surface area (Å²) in [6, 6.07) is 16.5. The van der Waals surface area contributed by atoms with Gasteiger partial charge in [-0.2, -0.15) is 0 Å². The minimum Gasteiger partial charge on any atom is -0.354 e. The third-order valence-corrected chi connectivity index (χ3v) is 4.16. The van der Waals surface area contributed by atoms with E-state index in [1.54, 1.807) is 7.05 Å². The number of rotatable bonds is 7. The molecule has 27 heavy (non-hydrogen) atoms. The molecular weight excluding hydrogens is 451 g/mol. The van der Waals surface area contributed by atoms with Crippen LogP contribution in [0.2, 0.25) is 0 Å². The number of halogens is 1. The van der Waals surface area contributed by atoms with Crippen LogP contribution in [0.4, 0.5) is 0 Å². The number of nitrogens with zero attached hydrogens (tertiary/aromatic N) is 1. The molecule has 0 aromatic heterocycles. The van der Waals surface area contributed by atoms with Crippen molar-refractivity contribution < 1.29 is 4.79 Å². The van der Waals surface area contributed by atoms with Gasteiger partial charge in [0.2, 0.25) is 5.91 Å². The molecule has 0 bridgehead atoms. The summed E-state index contributed by atoms with van der Waals surface area (Å²) in [5, 5.41) is 9.20. The van der Waals surface area contributed by atoms with Gasteiger partial charge in [-0.25, -0.2) is 0 Å². The predicted molar refractivity (Wildman–Crippen MR) is 123 cm³/mol. The minimum atomic E-state index is -0.0459. The molecule has 0 saturated carbocycles. The number of hydrogen-bond donors (Lipinski definition) is 3. The van der Waals surface area contributed by atoms with Crippen LogP contribution >= 0.6 is 24.0 Å². The van der Waals surface area contributed by atoms with E-state index in [-0.39, 0.29) is 36.4 Å². The fourth-order valence-electron chi connectivity index (χ4n) is 2.66. The number of amides is 1. The van der Waals surface area contributed by atoms with Gasteiger partial charge >= 0.3 is 0 Å². The summed E-state index contributed by atoms with van der Waals surface area (Å²) in [6.45, 7) is 5.67. The van der Waals surface area contributed by atoms with E-state index < -0.39 is 0 Å². The number of hydrogen-bond acceptors (Lipinski definition) is 2.